The number of nitrogens with zero attached hydrogens (tertiary/aromatic N) is 1. The van der Waals surface area contributed by atoms with Crippen molar-refractivity contribution in [1.29, 1.82) is 0 Å². The van der Waals surface area contributed by atoms with Crippen LogP contribution in [0.5, 0.6) is 0 Å². The van der Waals surface area contributed by atoms with E-state index >= 15 is 0 Å². The second-order valence-electron chi connectivity index (χ2n) is 3.61. The SMILES string of the molecule is CCCC1=CCN(C)C(C)C1. The molecule has 0 saturated carbocycles. The molecule has 1 nitrogen and oxygen atoms in total. The van der Waals surface area contributed by atoms with Crippen LogP contribution in [0.4, 0.5) is 0 Å². The van der Waals surface area contributed by atoms with Gasteiger partial charge >= 0.3 is 0 Å². The van der Waals surface area contributed by atoms with Crippen LogP contribution in [0.15, 0.2) is 11.6 Å². The van der Waals surface area contributed by atoms with Gasteiger partial charge in [-0.05, 0) is 26.8 Å². The number of rotatable bonds is 2. The first-order valence-corrected chi connectivity index (χ1v) is 4.62. The zero-order valence-corrected chi connectivity index (χ0v) is 7.93. The van der Waals surface area contributed by atoms with E-state index in [4.69, 9.17) is 0 Å². The lowest BCUT2D eigenvalue weighted by Gasteiger charge is -2.29. The minimum Gasteiger partial charge on any atom is -0.300 e. The first-order chi connectivity index (χ1) is 5.24. The molecule has 1 heterocycles. The molecule has 0 fully saturated rings. The first kappa shape index (κ1) is 8.79. The van der Waals surface area contributed by atoms with Crippen molar-refractivity contribution in [2.45, 2.75) is 39.2 Å². The van der Waals surface area contributed by atoms with Crippen LogP contribution in [-0.4, -0.2) is 24.5 Å². The Morgan fingerprint density at radius 2 is 2.36 bits per heavy atom. The van der Waals surface area contributed by atoms with Crippen LogP contribution < -0.4 is 0 Å². The van der Waals surface area contributed by atoms with Gasteiger partial charge in [0.2, 0.25) is 0 Å². The molecule has 1 atom stereocenters. The maximum Gasteiger partial charge on any atom is 0.0165 e. The van der Waals surface area contributed by atoms with Gasteiger partial charge in [-0.15, -0.1) is 0 Å². The Balaban J connectivity index is 2.45. The highest BCUT2D eigenvalue weighted by atomic mass is 15.1. The third-order valence-electron chi connectivity index (χ3n) is 2.55. The van der Waals surface area contributed by atoms with E-state index in [0.717, 1.165) is 12.6 Å². The highest BCUT2D eigenvalue weighted by Gasteiger charge is 2.14. The van der Waals surface area contributed by atoms with Crippen LogP contribution in [-0.2, 0) is 0 Å². The number of likely N-dealkylation sites (N-methyl/N-ethyl adjacent to an activating group) is 1. The average Bonchev–Trinajstić information content (AvgIpc) is 1.98. The maximum atomic E-state index is 2.40. The van der Waals surface area contributed by atoms with Crippen molar-refractivity contribution in [2.75, 3.05) is 13.6 Å². The van der Waals surface area contributed by atoms with Crippen molar-refractivity contribution in [1.82, 2.24) is 4.90 Å². The van der Waals surface area contributed by atoms with Crippen molar-refractivity contribution in [2.24, 2.45) is 0 Å². The monoisotopic (exact) mass is 153 g/mol. The summed E-state index contributed by atoms with van der Waals surface area (Å²) in [5.74, 6) is 0. The Labute approximate surface area is 70.1 Å². The van der Waals surface area contributed by atoms with Crippen molar-refractivity contribution < 1.29 is 0 Å². The highest BCUT2D eigenvalue weighted by molar-refractivity contribution is 5.08. The number of hydrogen-bond acceptors (Lipinski definition) is 1. The molecule has 0 aromatic rings. The van der Waals surface area contributed by atoms with Crippen LogP contribution in [0.3, 0.4) is 0 Å². The van der Waals surface area contributed by atoms with Gasteiger partial charge < -0.3 is 0 Å². The molecule has 1 heteroatoms. The Bertz CT molecular complexity index is 149. The fourth-order valence-corrected chi connectivity index (χ4v) is 1.60. The third kappa shape index (κ3) is 2.33. The van der Waals surface area contributed by atoms with Crippen LogP contribution in [0.2, 0.25) is 0 Å². The summed E-state index contributed by atoms with van der Waals surface area (Å²) < 4.78 is 0. The van der Waals surface area contributed by atoms with Gasteiger partial charge in [-0.25, -0.2) is 0 Å². The normalized spacial score (nSPS) is 26.8. The largest absolute Gasteiger partial charge is 0.300 e. The molecule has 1 rings (SSSR count). The van der Waals surface area contributed by atoms with Gasteiger partial charge in [0.25, 0.3) is 0 Å². The lowest BCUT2D eigenvalue weighted by molar-refractivity contribution is 0.266. The molecule has 0 aromatic carbocycles. The average molecular weight is 153 g/mol. The van der Waals surface area contributed by atoms with Crippen LogP contribution >= 0.6 is 0 Å². The van der Waals surface area contributed by atoms with Crippen molar-refractivity contribution in [3.63, 3.8) is 0 Å². The van der Waals surface area contributed by atoms with Crippen molar-refractivity contribution >= 4 is 0 Å². The van der Waals surface area contributed by atoms with Crippen molar-refractivity contribution in [3.05, 3.63) is 11.6 Å². The molecule has 1 aliphatic rings. The summed E-state index contributed by atoms with van der Waals surface area (Å²) in [5.41, 5.74) is 1.66. The molecule has 64 valence electrons. The van der Waals surface area contributed by atoms with Gasteiger partial charge in [0.15, 0.2) is 0 Å². The maximum absolute atomic E-state index is 2.40. The molecular weight excluding hydrogens is 134 g/mol. The van der Waals surface area contributed by atoms with Gasteiger partial charge in [0.05, 0.1) is 0 Å². The Kier molecular flexibility index (Phi) is 3.13. The van der Waals surface area contributed by atoms with E-state index in [2.05, 4.69) is 31.9 Å². The van der Waals surface area contributed by atoms with Gasteiger partial charge in [0, 0.05) is 12.6 Å². The topological polar surface area (TPSA) is 3.24 Å². The smallest absolute Gasteiger partial charge is 0.0165 e. The Morgan fingerprint density at radius 3 is 2.91 bits per heavy atom. The zero-order chi connectivity index (χ0) is 8.27. The molecule has 0 amide bonds. The minimum absolute atomic E-state index is 0.751. The van der Waals surface area contributed by atoms with E-state index in [0.29, 0.717) is 0 Å². The molecule has 1 aliphatic heterocycles. The molecule has 0 N–H and O–H groups in total. The minimum atomic E-state index is 0.751. The van der Waals surface area contributed by atoms with Crippen LogP contribution in [0, 0.1) is 0 Å². The third-order valence-corrected chi connectivity index (χ3v) is 2.55. The predicted octanol–water partition coefficient (Wildman–Crippen LogP) is 2.44. The molecule has 11 heavy (non-hydrogen) atoms. The van der Waals surface area contributed by atoms with Gasteiger partial charge in [-0.1, -0.05) is 25.0 Å². The van der Waals surface area contributed by atoms with E-state index in [1.807, 2.05) is 0 Å². The lowest BCUT2D eigenvalue weighted by atomic mass is 9.98. The fraction of sp³-hybridized carbons (Fsp3) is 0.800. The molecule has 0 aromatic heterocycles. The molecule has 0 radical (unpaired) electrons. The summed E-state index contributed by atoms with van der Waals surface area (Å²) in [6.07, 6.45) is 6.27. The molecule has 1 unspecified atom stereocenters. The van der Waals surface area contributed by atoms with Gasteiger partial charge in [-0.3, -0.25) is 4.90 Å². The second kappa shape index (κ2) is 3.91. The second-order valence-corrected chi connectivity index (χ2v) is 3.61. The molecule has 0 saturated heterocycles. The van der Waals surface area contributed by atoms with Crippen LogP contribution in [0.1, 0.15) is 33.1 Å². The number of hydrogen-bond donors (Lipinski definition) is 0. The molecule has 0 spiro atoms. The van der Waals surface area contributed by atoms with E-state index in [-0.39, 0.29) is 0 Å². The summed E-state index contributed by atoms with van der Waals surface area (Å²) in [5, 5.41) is 0. The quantitative estimate of drug-likeness (QED) is 0.551. The van der Waals surface area contributed by atoms with E-state index in [9.17, 15) is 0 Å². The molecule has 0 aliphatic carbocycles. The first-order valence-electron chi connectivity index (χ1n) is 4.62. The van der Waals surface area contributed by atoms with E-state index < -0.39 is 0 Å². The summed E-state index contributed by atoms with van der Waals surface area (Å²) in [7, 11) is 2.20. The zero-order valence-electron chi connectivity index (χ0n) is 7.93. The Morgan fingerprint density at radius 1 is 1.64 bits per heavy atom. The van der Waals surface area contributed by atoms with E-state index in [1.54, 1.807) is 5.57 Å². The summed E-state index contributed by atoms with van der Waals surface area (Å²) in [6, 6.07) is 0.751. The lowest BCUT2D eigenvalue weighted by Crippen LogP contribution is -2.32. The fourth-order valence-electron chi connectivity index (χ4n) is 1.60. The standard InChI is InChI=1S/C10H19N/c1-4-5-10-6-7-11(3)9(2)8-10/h6,9H,4-5,7-8H2,1-3H3. The predicted molar refractivity (Wildman–Crippen MR) is 49.7 cm³/mol. The highest BCUT2D eigenvalue weighted by Crippen LogP contribution is 2.19. The summed E-state index contributed by atoms with van der Waals surface area (Å²) in [4.78, 5) is 2.40. The van der Waals surface area contributed by atoms with Gasteiger partial charge in [0.1, 0.15) is 0 Å². The molecular formula is C10H19N. The Hall–Kier alpha value is -0.300. The van der Waals surface area contributed by atoms with E-state index in [1.165, 1.54) is 19.3 Å². The van der Waals surface area contributed by atoms with Gasteiger partial charge in [-0.2, -0.15) is 0 Å². The van der Waals surface area contributed by atoms with Crippen LogP contribution in [0.25, 0.3) is 0 Å². The summed E-state index contributed by atoms with van der Waals surface area (Å²) >= 11 is 0. The summed E-state index contributed by atoms with van der Waals surface area (Å²) in [6.45, 7) is 5.71. The van der Waals surface area contributed by atoms with Crippen molar-refractivity contribution in [3.8, 4) is 0 Å². The molecule has 0 bridgehead atoms.